The van der Waals surface area contributed by atoms with Crippen LogP contribution in [-0.2, 0) is 50.0 Å². The molecule has 33 nitrogen and oxygen atoms in total. The van der Waals surface area contributed by atoms with Crippen LogP contribution >= 0.6 is 34.4 Å². The number of azo groups is 2. The number of hydrogen-bond acceptors (Lipinski definition) is 28. The monoisotopic (exact) mass is 1510 g/mol. The number of carbonyl (C=O) groups is 8. The normalized spacial score (nSPS) is 11.8. The highest BCUT2D eigenvalue weighted by atomic mass is 32.2. The molecule has 0 saturated carbocycles. The minimum Gasteiger partial charge on any atom is -0.494 e. The number of nitrogens with two attached hydrogens (primary N) is 3. The van der Waals surface area contributed by atoms with E-state index >= 15 is 0 Å². The molecule has 8 aromatic rings. The number of carbonyl (C=O) groups excluding carboxylic acids is 8. The number of Topliss-reactive ketones (excluding diaryl/α,β-unsaturated/α-hetero) is 2. The van der Waals surface area contributed by atoms with E-state index in [1.165, 1.54) is 87.9 Å². The van der Waals surface area contributed by atoms with E-state index in [2.05, 4.69) is 47.0 Å². The molecular formula is C66H67N17O16S5. The van der Waals surface area contributed by atoms with Gasteiger partial charge in [-0.05, 0) is 126 Å². The van der Waals surface area contributed by atoms with Gasteiger partial charge in [0.05, 0.1) is 69.0 Å². The van der Waals surface area contributed by atoms with Gasteiger partial charge in [0.15, 0.2) is 26.7 Å². The van der Waals surface area contributed by atoms with Gasteiger partial charge in [-0.2, -0.15) is 31.8 Å². The first-order valence-corrected chi connectivity index (χ1v) is 36.3. The molecule has 0 atom stereocenters. The van der Waals surface area contributed by atoms with Crippen molar-refractivity contribution in [3.8, 4) is 11.5 Å². The predicted octanol–water partition coefficient (Wildman–Crippen LogP) is 10.9. The molecule has 542 valence electrons. The van der Waals surface area contributed by atoms with Gasteiger partial charge < -0.3 is 63.1 Å². The lowest BCUT2D eigenvalue weighted by Gasteiger charge is -2.25. The van der Waals surface area contributed by atoms with E-state index in [0.29, 0.717) is 72.3 Å². The maximum absolute atomic E-state index is 13.7. The first kappa shape index (κ1) is 78.0. The first-order chi connectivity index (χ1) is 49.4. The number of aromatic nitrogens is 3. The third kappa shape index (κ3) is 19.5. The molecule has 0 aliphatic carbocycles. The molecule has 0 unspecified atom stereocenters. The number of thiophene rings is 2. The molecule has 3 aromatic heterocycles. The molecule has 0 aliphatic heterocycles. The van der Waals surface area contributed by atoms with Crippen LogP contribution in [0.2, 0.25) is 0 Å². The number of hydrogen-bond donors (Lipinski definition) is 10. The van der Waals surface area contributed by atoms with Crippen molar-refractivity contribution in [2.24, 2.45) is 37.7 Å². The predicted molar refractivity (Wildman–Crippen MR) is 395 cm³/mol. The number of ketones is 2. The average molecular weight is 1510 g/mol. The Balaban J connectivity index is 1.28. The number of nitrogens with one attached hydrogen (secondary N) is 5. The van der Waals surface area contributed by atoms with Gasteiger partial charge in [0, 0.05) is 71.6 Å². The molecule has 13 N–H and O–H groups in total. The molecule has 38 heteroatoms. The van der Waals surface area contributed by atoms with Crippen molar-refractivity contribution < 1.29 is 73.8 Å². The second-order valence-corrected chi connectivity index (χ2v) is 27.5. The fourth-order valence-corrected chi connectivity index (χ4v) is 14.5. The van der Waals surface area contributed by atoms with Crippen LogP contribution in [-0.4, -0.2) is 129 Å². The Bertz CT molecular complexity index is 5090. The molecular weight excluding hydrogens is 1450 g/mol. The number of rotatable bonds is 34. The van der Waals surface area contributed by atoms with Crippen LogP contribution in [0, 0.1) is 0 Å². The molecule has 0 bridgehead atoms. The number of benzene rings is 5. The number of anilines is 9. The van der Waals surface area contributed by atoms with Gasteiger partial charge >= 0.3 is 0 Å². The number of ether oxygens (including phenoxy) is 2. The first-order valence-electron chi connectivity index (χ1n) is 30.8. The highest BCUT2D eigenvalue weighted by Gasteiger charge is 2.32. The van der Waals surface area contributed by atoms with Gasteiger partial charge in [0.25, 0.3) is 43.9 Å². The minimum atomic E-state index is -5.44. The van der Waals surface area contributed by atoms with Gasteiger partial charge in [-0.15, -0.1) is 43.1 Å². The van der Waals surface area contributed by atoms with Crippen LogP contribution in [0.4, 0.5) is 73.1 Å². The fourth-order valence-electron chi connectivity index (χ4n) is 9.96. The Labute approximate surface area is 607 Å². The SMILES string of the molecule is CCN(CC)c1cc(Nc2nc(Nc3cc(N(CC)CC)c(OC)cc3N=Nc3sc(/C=C(/C(C)=O)C(=O)Nc4cccc(C(N)=O)c4)c(S(=O)(=O)O)c3C(N)=O)nc(SCc3cccc(S(=O)(=O)O)c3)n2)c(N=Nc2sc(/C=C(\C(C)=O)C(=O)Nc3cccc(NC=O)c3)cc2C(N)=O)cc1OC. The maximum Gasteiger partial charge on any atom is 0.296 e. The smallest absolute Gasteiger partial charge is 0.296 e. The summed E-state index contributed by atoms with van der Waals surface area (Å²) in [5.41, 5.74) is 17.3. The summed E-state index contributed by atoms with van der Waals surface area (Å²) in [5, 5.41) is 31.1. The zero-order chi connectivity index (χ0) is 75.9. The van der Waals surface area contributed by atoms with Crippen molar-refractivity contribution in [3.63, 3.8) is 0 Å². The Hall–Kier alpha value is -11.7. The van der Waals surface area contributed by atoms with Gasteiger partial charge in [0.2, 0.25) is 24.2 Å². The van der Waals surface area contributed by atoms with Crippen molar-refractivity contribution in [3.05, 3.63) is 146 Å². The van der Waals surface area contributed by atoms with E-state index in [1.807, 2.05) is 37.5 Å². The zero-order valence-electron chi connectivity index (χ0n) is 56.5. The highest BCUT2D eigenvalue weighted by Crippen LogP contribution is 2.46. The summed E-state index contributed by atoms with van der Waals surface area (Å²) >= 11 is 2.26. The fraction of sp³-hybridized carbons (Fsp3) is 0.197. The van der Waals surface area contributed by atoms with Crippen molar-refractivity contribution in [1.29, 1.82) is 0 Å². The number of primary amides is 3. The van der Waals surface area contributed by atoms with Crippen LogP contribution < -0.4 is 63.1 Å². The summed E-state index contributed by atoms with van der Waals surface area (Å²) < 4.78 is 83.4. The Morgan fingerprint density at radius 2 is 1.12 bits per heavy atom. The van der Waals surface area contributed by atoms with E-state index in [-0.39, 0.29) is 94.2 Å². The highest BCUT2D eigenvalue weighted by molar-refractivity contribution is 7.98. The molecule has 0 aliphatic rings. The molecule has 104 heavy (non-hydrogen) atoms. The summed E-state index contributed by atoms with van der Waals surface area (Å²) in [6.07, 6.45) is 2.51. The van der Waals surface area contributed by atoms with Crippen LogP contribution in [0.5, 0.6) is 11.5 Å². The largest absolute Gasteiger partial charge is 0.494 e. The Morgan fingerprint density at radius 1 is 0.596 bits per heavy atom. The lowest BCUT2D eigenvalue weighted by atomic mass is 10.1. The topological polar surface area (TPSA) is 497 Å². The third-order valence-electron chi connectivity index (χ3n) is 14.9. The molecule has 0 spiro atoms. The second kappa shape index (κ2) is 34.3. The van der Waals surface area contributed by atoms with Crippen molar-refractivity contribution in [2.75, 3.05) is 76.8 Å². The van der Waals surface area contributed by atoms with Crippen molar-refractivity contribution in [2.45, 2.75) is 62.2 Å². The van der Waals surface area contributed by atoms with Crippen molar-refractivity contribution >= 4 is 187 Å². The van der Waals surface area contributed by atoms with Gasteiger partial charge in [-0.1, -0.05) is 36.0 Å². The molecule has 0 saturated heterocycles. The average Bonchev–Trinajstić information content (AvgIpc) is 1.47. The maximum atomic E-state index is 13.7. The number of methoxy groups -OCH3 is 2. The van der Waals surface area contributed by atoms with E-state index in [1.54, 1.807) is 42.5 Å². The summed E-state index contributed by atoms with van der Waals surface area (Å²) in [6.45, 7) is 11.6. The Kier molecular flexibility index (Phi) is 25.8. The third-order valence-corrected chi connectivity index (χ3v) is 19.7. The number of thioether (sulfide) groups is 1. The van der Waals surface area contributed by atoms with E-state index < -0.39 is 87.2 Å². The minimum absolute atomic E-state index is 0.00214. The molecule has 3 heterocycles. The second-order valence-electron chi connectivity index (χ2n) is 21.7. The van der Waals surface area contributed by atoms with Crippen LogP contribution in [0.15, 0.2) is 150 Å². The molecule has 0 fully saturated rings. The summed E-state index contributed by atoms with van der Waals surface area (Å²) in [5.74, 6) is -6.52. The van der Waals surface area contributed by atoms with Crippen LogP contribution in [0.25, 0.3) is 12.2 Å². The van der Waals surface area contributed by atoms with Crippen LogP contribution in [0.3, 0.4) is 0 Å². The summed E-state index contributed by atoms with van der Waals surface area (Å²) in [6, 6.07) is 24.6. The Morgan fingerprint density at radius 3 is 1.61 bits per heavy atom. The van der Waals surface area contributed by atoms with Gasteiger partial charge in [-0.3, -0.25) is 47.5 Å². The quantitative estimate of drug-likeness (QED) is 0.00341. The van der Waals surface area contributed by atoms with Gasteiger partial charge in [-0.25, -0.2) is 0 Å². The molecule has 8 rings (SSSR count). The number of amides is 6. The van der Waals surface area contributed by atoms with E-state index in [4.69, 9.17) is 41.6 Å². The zero-order valence-corrected chi connectivity index (χ0v) is 60.6. The molecule has 0 radical (unpaired) electrons. The summed E-state index contributed by atoms with van der Waals surface area (Å²) in [7, 11) is -7.26. The van der Waals surface area contributed by atoms with Gasteiger partial charge in [0.1, 0.15) is 27.8 Å². The van der Waals surface area contributed by atoms with E-state index in [9.17, 15) is 64.3 Å². The standard InChI is InChI=1S/C66H67N17O16S5/c1-9-82(10-2)50-28-46(48(30-52(50)98-7)78-80-62-45(58(68)88)26-41(101-62)25-43(34(5)85)60(90)72-40-20-15-18-38(24-40)70-33-84)73-64-75-65(77-66(76-64)100-32-36-16-13-21-42(22-36)103(92,93)94)74-47-29-51(83(11-3)12-4)53(99-8)31-49(47)79-81-63-55(59(69)89)56(104(95,96)97)54(102-63)27-44(35(6)86)61(91)71-39-19-14-17-37(23-39)57(67)87/h13-31,33H,9-12,32H2,1-8H3,(H2,67,87)(H2,68,88)(H2,69,89)(H,70,84)(H,71,91)(H,72,90)(H,92,93,94)(H,95,96,97)(H2,73,74,75,76,77)/b43-25+,44-27-,80-78?,81-79?. The molecule has 5 aromatic carbocycles. The lowest BCUT2D eigenvalue weighted by molar-refractivity contribution is -0.120. The van der Waals surface area contributed by atoms with Crippen LogP contribution in [0.1, 0.15) is 87.9 Å². The van der Waals surface area contributed by atoms with E-state index in [0.717, 1.165) is 36.1 Å². The van der Waals surface area contributed by atoms with Crippen molar-refractivity contribution in [1.82, 2.24) is 15.0 Å². The number of nitrogens with zero attached hydrogens (tertiary/aromatic N) is 9. The molecule has 6 amide bonds. The lowest BCUT2D eigenvalue weighted by Crippen LogP contribution is -2.22. The summed E-state index contributed by atoms with van der Waals surface area (Å²) in [4.78, 5) is 119.